The number of halogens is 3. The number of aryl methyl sites for hydroxylation is 2. The Morgan fingerprint density at radius 2 is 1.87 bits per heavy atom. The zero-order valence-corrected chi connectivity index (χ0v) is 13.0. The summed E-state index contributed by atoms with van der Waals surface area (Å²) in [5, 5.41) is 1.63. The predicted molar refractivity (Wildman–Crippen MR) is 76.0 cm³/mol. The largest absolute Gasteiger partial charge is 0.482 e. The monoisotopic (exact) mass is 333 g/mol. The van der Waals surface area contributed by atoms with Crippen LogP contribution in [0.25, 0.3) is 0 Å². The molecule has 0 aromatic heterocycles. The van der Waals surface area contributed by atoms with Gasteiger partial charge in [0.1, 0.15) is 12.3 Å². The third-order valence-corrected chi connectivity index (χ3v) is 2.98. The van der Waals surface area contributed by atoms with Gasteiger partial charge in [-0.3, -0.25) is 4.79 Å². The van der Waals surface area contributed by atoms with Gasteiger partial charge in [-0.15, -0.1) is 0 Å². The van der Waals surface area contributed by atoms with E-state index in [1.807, 2.05) is 19.9 Å². The highest BCUT2D eigenvalue weighted by Crippen LogP contribution is 2.16. The highest BCUT2D eigenvalue weighted by Gasteiger charge is 2.29. The first-order valence-electron chi connectivity index (χ1n) is 6.82. The topological polar surface area (TPSA) is 64.6 Å². The molecule has 8 heteroatoms. The van der Waals surface area contributed by atoms with Crippen LogP contribution in [0, 0.1) is 13.8 Å². The molecule has 0 saturated heterocycles. The van der Waals surface area contributed by atoms with Crippen molar-refractivity contribution in [3.05, 3.63) is 29.3 Å². The Labute approximate surface area is 131 Å². The van der Waals surface area contributed by atoms with Crippen LogP contribution in [0.5, 0.6) is 5.75 Å². The van der Waals surface area contributed by atoms with E-state index in [4.69, 9.17) is 9.47 Å². The predicted octanol–water partition coefficient (Wildman–Crippen LogP) is 2.29. The number of nitrogens with one attached hydrogen (secondary N) is 1. The number of ether oxygens (including phenoxy) is 2. The highest BCUT2D eigenvalue weighted by atomic mass is 19.4. The fraction of sp³-hybridized carbons (Fsp3) is 0.467. The second kappa shape index (κ2) is 7.85. The summed E-state index contributed by atoms with van der Waals surface area (Å²) in [5.74, 6) is -1.42. The number of carbonyl (C=O) groups excluding carboxylic acids is 2. The van der Waals surface area contributed by atoms with E-state index in [1.165, 1.54) is 6.92 Å². The molecule has 23 heavy (non-hydrogen) atoms. The van der Waals surface area contributed by atoms with Crippen LogP contribution in [0.15, 0.2) is 18.2 Å². The fourth-order valence-corrected chi connectivity index (χ4v) is 1.56. The quantitative estimate of drug-likeness (QED) is 0.811. The number of hydrogen-bond acceptors (Lipinski definition) is 4. The van der Waals surface area contributed by atoms with Gasteiger partial charge in [0.25, 0.3) is 5.91 Å². The van der Waals surface area contributed by atoms with Crippen LogP contribution in [-0.4, -0.2) is 37.3 Å². The lowest BCUT2D eigenvalue weighted by atomic mass is 10.1. The maximum Gasteiger partial charge on any atom is 0.405 e. The van der Waals surface area contributed by atoms with Gasteiger partial charge in [-0.2, -0.15) is 13.2 Å². The molecule has 1 N–H and O–H groups in total. The second-order valence-corrected chi connectivity index (χ2v) is 5.00. The zero-order valence-electron chi connectivity index (χ0n) is 13.0. The Hall–Kier alpha value is -2.25. The van der Waals surface area contributed by atoms with E-state index >= 15 is 0 Å². The molecule has 0 aliphatic heterocycles. The number of rotatable bonds is 6. The van der Waals surface area contributed by atoms with Crippen molar-refractivity contribution in [2.45, 2.75) is 33.1 Å². The second-order valence-electron chi connectivity index (χ2n) is 5.00. The van der Waals surface area contributed by atoms with Crippen molar-refractivity contribution in [1.82, 2.24) is 5.32 Å². The summed E-state index contributed by atoms with van der Waals surface area (Å²) in [4.78, 5) is 22.9. The molecule has 0 aliphatic rings. The summed E-state index contributed by atoms with van der Waals surface area (Å²) in [7, 11) is 0. The average Bonchev–Trinajstić information content (AvgIpc) is 2.45. The minimum atomic E-state index is -4.52. The van der Waals surface area contributed by atoms with Crippen molar-refractivity contribution in [3.8, 4) is 5.75 Å². The van der Waals surface area contributed by atoms with Crippen LogP contribution in [0.4, 0.5) is 13.2 Å². The van der Waals surface area contributed by atoms with E-state index in [0.29, 0.717) is 5.75 Å². The lowest BCUT2D eigenvalue weighted by Gasteiger charge is -2.15. The molecule has 1 atom stereocenters. The van der Waals surface area contributed by atoms with Gasteiger partial charge in [0.2, 0.25) is 0 Å². The van der Waals surface area contributed by atoms with Crippen LogP contribution in [0.1, 0.15) is 18.1 Å². The first-order valence-corrected chi connectivity index (χ1v) is 6.82. The molecule has 0 bridgehead atoms. The van der Waals surface area contributed by atoms with Gasteiger partial charge in [-0.05, 0) is 44.0 Å². The number of amides is 1. The Bertz CT molecular complexity index is 572. The third kappa shape index (κ3) is 7.03. The van der Waals surface area contributed by atoms with Gasteiger partial charge < -0.3 is 14.8 Å². The van der Waals surface area contributed by atoms with Crippen LogP contribution >= 0.6 is 0 Å². The van der Waals surface area contributed by atoms with Crippen LogP contribution in [-0.2, 0) is 14.3 Å². The van der Waals surface area contributed by atoms with Crippen molar-refractivity contribution in [3.63, 3.8) is 0 Å². The van der Waals surface area contributed by atoms with Crippen LogP contribution < -0.4 is 10.1 Å². The number of benzene rings is 1. The summed E-state index contributed by atoms with van der Waals surface area (Å²) in [6.45, 7) is 3.06. The van der Waals surface area contributed by atoms with Crippen molar-refractivity contribution < 1.29 is 32.2 Å². The molecule has 1 aromatic rings. The number of alkyl halides is 3. The van der Waals surface area contributed by atoms with E-state index in [2.05, 4.69) is 0 Å². The molecule has 1 rings (SSSR count). The molecule has 0 saturated carbocycles. The molecule has 0 fully saturated rings. The van der Waals surface area contributed by atoms with Crippen molar-refractivity contribution in [2.75, 3.05) is 13.2 Å². The summed E-state index contributed by atoms with van der Waals surface area (Å²) < 4.78 is 45.8. The maximum atomic E-state index is 12.0. The number of carbonyl (C=O) groups is 2. The molecule has 1 unspecified atom stereocenters. The molecular weight excluding hydrogens is 315 g/mol. The minimum Gasteiger partial charge on any atom is -0.482 e. The van der Waals surface area contributed by atoms with Crippen molar-refractivity contribution in [2.24, 2.45) is 0 Å². The summed E-state index contributed by atoms with van der Waals surface area (Å²) >= 11 is 0. The molecule has 0 radical (unpaired) electrons. The zero-order chi connectivity index (χ0) is 17.6. The van der Waals surface area contributed by atoms with Crippen molar-refractivity contribution >= 4 is 11.9 Å². The normalized spacial score (nSPS) is 12.4. The lowest BCUT2D eigenvalue weighted by Crippen LogP contribution is -2.41. The Morgan fingerprint density at radius 1 is 1.22 bits per heavy atom. The molecule has 128 valence electrons. The lowest BCUT2D eigenvalue weighted by molar-refractivity contribution is -0.159. The number of hydrogen-bond donors (Lipinski definition) is 1. The number of esters is 1. The van der Waals surface area contributed by atoms with Gasteiger partial charge in [-0.25, -0.2) is 4.79 Å². The van der Waals surface area contributed by atoms with Crippen LogP contribution in [0.2, 0.25) is 0 Å². The molecule has 5 nitrogen and oxygen atoms in total. The smallest absolute Gasteiger partial charge is 0.405 e. The van der Waals surface area contributed by atoms with E-state index in [9.17, 15) is 22.8 Å². The average molecular weight is 333 g/mol. The minimum absolute atomic E-state index is 0.445. The molecule has 0 spiro atoms. The first kappa shape index (κ1) is 18.8. The molecule has 1 amide bonds. The van der Waals surface area contributed by atoms with Crippen LogP contribution in [0.3, 0.4) is 0 Å². The van der Waals surface area contributed by atoms with Gasteiger partial charge in [0.05, 0.1) is 0 Å². The Balaban J connectivity index is 2.40. The SMILES string of the molecule is Cc1ccc(OCC(=O)OC(C)C(=O)NCC(F)(F)F)cc1C. The third-order valence-electron chi connectivity index (χ3n) is 2.98. The Morgan fingerprint density at radius 3 is 2.43 bits per heavy atom. The molecule has 0 heterocycles. The first-order chi connectivity index (χ1) is 10.6. The Kier molecular flexibility index (Phi) is 6.41. The van der Waals surface area contributed by atoms with Gasteiger partial charge >= 0.3 is 12.1 Å². The maximum absolute atomic E-state index is 12.0. The van der Waals surface area contributed by atoms with Gasteiger partial charge in [0, 0.05) is 0 Å². The van der Waals surface area contributed by atoms with Gasteiger partial charge in [-0.1, -0.05) is 6.07 Å². The van der Waals surface area contributed by atoms with E-state index in [1.54, 1.807) is 17.4 Å². The standard InChI is InChI=1S/C15H18F3NO4/c1-9-4-5-12(6-10(9)2)22-7-13(20)23-11(3)14(21)19-8-15(16,17)18/h4-6,11H,7-8H2,1-3H3,(H,19,21). The molecule has 1 aromatic carbocycles. The summed E-state index contributed by atoms with van der Waals surface area (Å²) in [6.07, 6.45) is -5.86. The van der Waals surface area contributed by atoms with E-state index in [0.717, 1.165) is 11.1 Å². The van der Waals surface area contributed by atoms with E-state index < -0.39 is 37.3 Å². The van der Waals surface area contributed by atoms with E-state index in [-0.39, 0.29) is 0 Å². The van der Waals surface area contributed by atoms with Crippen molar-refractivity contribution in [1.29, 1.82) is 0 Å². The van der Waals surface area contributed by atoms with Gasteiger partial charge in [0.15, 0.2) is 12.7 Å². The highest BCUT2D eigenvalue weighted by molar-refractivity contribution is 5.83. The molecular formula is C15H18F3NO4. The fourth-order valence-electron chi connectivity index (χ4n) is 1.56. The summed E-state index contributed by atoms with van der Waals surface area (Å²) in [5.41, 5.74) is 2.05. The summed E-state index contributed by atoms with van der Waals surface area (Å²) in [6, 6.07) is 5.24. The molecule has 0 aliphatic carbocycles.